The fourth-order valence-corrected chi connectivity index (χ4v) is 2.59. The SMILES string of the molecule is CCCC1=C(C)N=C[N+]1(C(=O)n1ccnc1)C(C)C. The van der Waals surface area contributed by atoms with Gasteiger partial charge in [-0.1, -0.05) is 6.92 Å². The van der Waals surface area contributed by atoms with Crippen LogP contribution < -0.4 is 0 Å². The van der Waals surface area contributed by atoms with Gasteiger partial charge in [-0.25, -0.2) is 19.3 Å². The van der Waals surface area contributed by atoms with Crippen molar-refractivity contribution >= 4 is 12.4 Å². The molecular formula is C14H21N4O+. The van der Waals surface area contributed by atoms with Crippen LogP contribution in [0.5, 0.6) is 0 Å². The van der Waals surface area contributed by atoms with Crippen LogP contribution in [-0.4, -0.2) is 32.4 Å². The van der Waals surface area contributed by atoms with Crippen LogP contribution in [0, 0.1) is 0 Å². The molecule has 1 aliphatic heterocycles. The van der Waals surface area contributed by atoms with Gasteiger partial charge < -0.3 is 0 Å². The van der Waals surface area contributed by atoms with Gasteiger partial charge in [0.1, 0.15) is 23.8 Å². The number of hydrogen-bond acceptors (Lipinski definition) is 3. The van der Waals surface area contributed by atoms with Crippen LogP contribution in [0.15, 0.2) is 35.1 Å². The van der Waals surface area contributed by atoms with E-state index in [-0.39, 0.29) is 16.6 Å². The number of carbonyl (C=O) groups excluding carboxylic acids is 1. The highest BCUT2D eigenvalue weighted by atomic mass is 16.2. The first kappa shape index (κ1) is 13.7. The van der Waals surface area contributed by atoms with Gasteiger partial charge in [0.15, 0.2) is 0 Å². The smallest absolute Gasteiger partial charge is 0.245 e. The predicted octanol–water partition coefficient (Wildman–Crippen LogP) is 3.15. The molecule has 102 valence electrons. The molecule has 1 aromatic heterocycles. The Labute approximate surface area is 113 Å². The summed E-state index contributed by atoms with van der Waals surface area (Å²) in [5.74, 6) is 0. The van der Waals surface area contributed by atoms with E-state index in [1.54, 1.807) is 29.6 Å². The number of nitrogens with zero attached hydrogens (tertiary/aromatic N) is 4. The molecule has 1 aliphatic rings. The zero-order chi connectivity index (χ0) is 14.0. The van der Waals surface area contributed by atoms with Crippen LogP contribution in [0.2, 0.25) is 0 Å². The Morgan fingerprint density at radius 1 is 1.47 bits per heavy atom. The molecule has 19 heavy (non-hydrogen) atoms. The number of aliphatic imine (C=N–C) groups is 1. The predicted molar refractivity (Wildman–Crippen MR) is 74.5 cm³/mol. The number of rotatable bonds is 3. The number of amides is 1. The molecule has 5 heteroatoms. The summed E-state index contributed by atoms with van der Waals surface area (Å²) < 4.78 is 1.72. The molecule has 0 bridgehead atoms. The summed E-state index contributed by atoms with van der Waals surface area (Å²) >= 11 is 0. The first-order chi connectivity index (χ1) is 9.04. The van der Waals surface area contributed by atoms with Gasteiger partial charge in [-0.05, 0) is 27.2 Å². The van der Waals surface area contributed by atoms with Crippen molar-refractivity contribution in [3.05, 3.63) is 30.1 Å². The Hall–Kier alpha value is -1.75. The summed E-state index contributed by atoms with van der Waals surface area (Å²) in [5, 5.41) is 0. The second-order valence-corrected chi connectivity index (χ2v) is 5.15. The van der Waals surface area contributed by atoms with Crippen molar-refractivity contribution in [1.82, 2.24) is 9.55 Å². The van der Waals surface area contributed by atoms with Crippen molar-refractivity contribution in [1.29, 1.82) is 0 Å². The molecule has 1 amide bonds. The molecule has 0 fully saturated rings. The van der Waals surface area contributed by atoms with Crippen molar-refractivity contribution in [2.45, 2.75) is 46.6 Å². The fourth-order valence-electron chi connectivity index (χ4n) is 2.59. The van der Waals surface area contributed by atoms with Gasteiger partial charge >= 0.3 is 6.03 Å². The largest absolute Gasteiger partial charge is 0.439 e. The van der Waals surface area contributed by atoms with Crippen LogP contribution in [0.1, 0.15) is 40.5 Å². The van der Waals surface area contributed by atoms with E-state index in [0.717, 1.165) is 24.2 Å². The Bertz CT molecular complexity index is 528. The summed E-state index contributed by atoms with van der Waals surface area (Å²) in [6.07, 6.45) is 8.52. The third-order valence-electron chi connectivity index (χ3n) is 3.64. The van der Waals surface area contributed by atoms with Gasteiger partial charge in [0.25, 0.3) is 0 Å². The highest BCUT2D eigenvalue weighted by Gasteiger charge is 2.47. The van der Waals surface area contributed by atoms with Crippen molar-refractivity contribution in [3.8, 4) is 0 Å². The van der Waals surface area contributed by atoms with E-state index in [2.05, 4.69) is 30.7 Å². The Morgan fingerprint density at radius 2 is 2.21 bits per heavy atom. The van der Waals surface area contributed by atoms with E-state index in [1.165, 1.54) is 0 Å². The monoisotopic (exact) mass is 261 g/mol. The number of allylic oxidation sites excluding steroid dienone is 2. The maximum absolute atomic E-state index is 12.9. The zero-order valence-electron chi connectivity index (χ0n) is 12.0. The second-order valence-electron chi connectivity index (χ2n) is 5.15. The number of quaternary nitrogens is 1. The highest BCUT2D eigenvalue weighted by Crippen LogP contribution is 2.33. The van der Waals surface area contributed by atoms with Crippen LogP contribution in [-0.2, 0) is 0 Å². The van der Waals surface area contributed by atoms with Crippen molar-refractivity contribution in [3.63, 3.8) is 0 Å². The summed E-state index contributed by atoms with van der Waals surface area (Å²) in [7, 11) is 0. The lowest BCUT2D eigenvalue weighted by molar-refractivity contribution is -0.734. The highest BCUT2D eigenvalue weighted by molar-refractivity contribution is 5.81. The van der Waals surface area contributed by atoms with Gasteiger partial charge in [0, 0.05) is 18.8 Å². The minimum absolute atomic E-state index is 0.0171. The van der Waals surface area contributed by atoms with Gasteiger partial charge in [-0.3, -0.25) is 0 Å². The molecular weight excluding hydrogens is 240 g/mol. The Kier molecular flexibility index (Phi) is 3.66. The maximum Gasteiger partial charge on any atom is 0.439 e. The Morgan fingerprint density at radius 3 is 2.74 bits per heavy atom. The molecule has 1 unspecified atom stereocenters. The first-order valence-electron chi connectivity index (χ1n) is 6.70. The lowest BCUT2D eigenvalue weighted by Gasteiger charge is -2.33. The average molecular weight is 261 g/mol. The zero-order valence-corrected chi connectivity index (χ0v) is 12.0. The molecule has 2 heterocycles. The molecule has 0 aliphatic carbocycles. The van der Waals surface area contributed by atoms with Crippen molar-refractivity contribution in [2.24, 2.45) is 4.99 Å². The van der Waals surface area contributed by atoms with Crippen molar-refractivity contribution in [2.75, 3.05) is 0 Å². The second kappa shape index (κ2) is 5.09. The van der Waals surface area contributed by atoms with Crippen LogP contribution >= 0.6 is 0 Å². The first-order valence-corrected chi connectivity index (χ1v) is 6.70. The number of aromatic nitrogens is 2. The van der Waals surface area contributed by atoms with Crippen LogP contribution in [0.3, 0.4) is 0 Å². The standard InChI is InChI=1S/C14H21N4O/c1-5-6-13-12(4)16-10-18(13,11(2)3)14(19)17-8-7-15-9-17/h7-11H,5-6H2,1-4H3/q+1. The maximum atomic E-state index is 12.9. The molecule has 5 nitrogen and oxygen atoms in total. The van der Waals surface area contributed by atoms with Crippen LogP contribution in [0.4, 0.5) is 4.79 Å². The normalized spacial score (nSPS) is 22.6. The van der Waals surface area contributed by atoms with Crippen molar-refractivity contribution < 1.29 is 9.28 Å². The molecule has 1 aromatic rings. The molecule has 0 saturated heterocycles. The summed E-state index contributed by atoms with van der Waals surface area (Å²) in [4.78, 5) is 21.3. The van der Waals surface area contributed by atoms with Gasteiger partial charge in [0.2, 0.25) is 6.34 Å². The van der Waals surface area contributed by atoms with E-state index < -0.39 is 0 Å². The van der Waals surface area contributed by atoms with Gasteiger partial charge in [-0.15, -0.1) is 0 Å². The number of hydrogen-bond donors (Lipinski definition) is 0. The third kappa shape index (κ3) is 2.04. The molecule has 0 spiro atoms. The number of imidazole rings is 1. The third-order valence-corrected chi connectivity index (χ3v) is 3.64. The molecule has 0 saturated carbocycles. The lowest BCUT2D eigenvalue weighted by atomic mass is 10.1. The summed E-state index contributed by atoms with van der Waals surface area (Å²) in [6, 6.07) is 0.0919. The summed E-state index contributed by atoms with van der Waals surface area (Å²) in [6.45, 7) is 8.20. The minimum atomic E-state index is -0.0171. The fraction of sp³-hybridized carbons (Fsp3) is 0.500. The van der Waals surface area contributed by atoms with Gasteiger partial charge in [-0.2, -0.15) is 4.48 Å². The van der Waals surface area contributed by atoms with E-state index in [4.69, 9.17) is 0 Å². The topological polar surface area (TPSA) is 47.2 Å². The molecule has 0 radical (unpaired) electrons. The number of carbonyl (C=O) groups is 1. The lowest BCUT2D eigenvalue weighted by Crippen LogP contribution is -2.55. The Balaban J connectivity index is 2.51. The van der Waals surface area contributed by atoms with Gasteiger partial charge in [0.05, 0.1) is 0 Å². The quantitative estimate of drug-likeness (QED) is 0.785. The van der Waals surface area contributed by atoms with E-state index in [0.29, 0.717) is 0 Å². The molecule has 1 atom stereocenters. The molecule has 0 aromatic carbocycles. The molecule has 0 N–H and O–H groups in total. The van der Waals surface area contributed by atoms with E-state index in [1.807, 2.05) is 6.92 Å². The average Bonchev–Trinajstić information content (AvgIpc) is 2.99. The van der Waals surface area contributed by atoms with E-state index in [9.17, 15) is 4.79 Å². The summed E-state index contributed by atoms with van der Waals surface area (Å²) in [5.41, 5.74) is 2.06. The van der Waals surface area contributed by atoms with Crippen LogP contribution in [0.25, 0.3) is 0 Å². The molecule has 2 rings (SSSR count). The van der Waals surface area contributed by atoms with E-state index >= 15 is 0 Å². The minimum Gasteiger partial charge on any atom is -0.245 e.